The van der Waals surface area contributed by atoms with E-state index in [1.165, 1.54) is 5.56 Å². The van der Waals surface area contributed by atoms with Crippen molar-refractivity contribution in [1.82, 2.24) is 4.90 Å². The van der Waals surface area contributed by atoms with Crippen LogP contribution in [0.5, 0.6) is 5.75 Å². The van der Waals surface area contributed by atoms with Crippen molar-refractivity contribution in [1.29, 1.82) is 0 Å². The summed E-state index contributed by atoms with van der Waals surface area (Å²) in [6.45, 7) is 3.88. The van der Waals surface area contributed by atoms with E-state index in [4.69, 9.17) is 9.47 Å². The van der Waals surface area contributed by atoms with Gasteiger partial charge in [-0.1, -0.05) is 105 Å². The molecule has 1 aliphatic rings. The van der Waals surface area contributed by atoms with Crippen LogP contribution in [0.3, 0.4) is 0 Å². The quantitative estimate of drug-likeness (QED) is 0.0547. The van der Waals surface area contributed by atoms with E-state index in [9.17, 15) is 18.3 Å². The highest BCUT2D eigenvalue weighted by molar-refractivity contribution is 7.92. The minimum atomic E-state index is -3.22. The minimum absolute atomic E-state index is 0.213. The van der Waals surface area contributed by atoms with Crippen LogP contribution >= 0.6 is 0 Å². The van der Waals surface area contributed by atoms with Gasteiger partial charge in [-0.25, -0.2) is 8.42 Å². The number of carbonyl (C=O) groups excluding carboxylic acids is 1. The van der Waals surface area contributed by atoms with Crippen molar-refractivity contribution in [2.45, 2.75) is 100 Å². The van der Waals surface area contributed by atoms with E-state index in [1.54, 1.807) is 12.1 Å². The summed E-state index contributed by atoms with van der Waals surface area (Å²) in [5.41, 5.74) is 4.56. The van der Waals surface area contributed by atoms with Gasteiger partial charge in [0.1, 0.15) is 12.4 Å². The van der Waals surface area contributed by atoms with Crippen molar-refractivity contribution in [2.75, 3.05) is 31.6 Å². The van der Waals surface area contributed by atoms with Crippen LogP contribution in [-0.2, 0) is 38.9 Å². The maximum atomic E-state index is 13.0. The maximum absolute atomic E-state index is 13.0. The summed E-state index contributed by atoms with van der Waals surface area (Å²) in [7, 11) is -3.22. The van der Waals surface area contributed by atoms with Gasteiger partial charge >= 0.3 is 0 Å². The van der Waals surface area contributed by atoms with E-state index in [-0.39, 0.29) is 5.25 Å². The van der Waals surface area contributed by atoms with Crippen molar-refractivity contribution >= 4 is 21.9 Å². The van der Waals surface area contributed by atoms with Gasteiger partial charge in [-0.05, 0) is 98.0 Å². The highest BCUT2D eigenvalue weighted by Crippen LogP contribution is 2.31. The summed E-state index contributed by atoms with van der Waals surface area (Å²) < 4.78 is 37.9. The average molecular weight is 741 g/mol. The lowest BCUT2D eigenvalue weighted by atomic mass is 10.1. The minimum Gasteiger partial charge on any atom is -0.487 e. The molecule has 4 aromatic carbocycles. The first-order chi connectivity index (χ1) is 25.9. The number of sulfone groups is 1. The summed E-state index contributed by atoms with van der Waals surface area (Å²) in [4.78, 5) is 14.2. The second kappa shape index (κ2) is 21.6. The van der Waals surface area contributed by atoms with Gasteiger partial charge in [0.05, 0.1) is 21.9 Å². The molecular weight excluding hydrogens is 685 g/mol. The fourth-order valence-electron chi connectivity index (χ4n) is 7.02. The number of unbranched alkanes of at least 4 members (excludes halogenated alkanes) is 4. The third-order valence-electron chi connectivity index (χ3n) is 10.0. The number of nitrogens with one attached hydrogen (secondary N) is 1. The van der Waals surface area contributed by atoms with Crippen LogP contribution in [0.25, 0.3) is 0 Å². The number of aliphatic hydroxyl groups excluding tert-OH is 1. The Hall–Kier alpha value is -4.02. The van der Waals surface area contributed by atoms with Gasteiger partial charge in [-0.15, -0.1) is 0 Å². The molecule has 0 aromatic heterocycles. The number of aryl methyl sites for hydroxylation is 1. The molecule has 9 heteroatoms. The van der Waals surface area contributed by atoms with Crippen LogP contribution in [-0.4, -0.2) is 56.4 Å². The summed E-state index contributed by atoms with van der Waals surface area (Å²) in [5, 5.41) is 13.9. The van der Waals surface area contributed by atoms with Gasteiger partial charge in [-0.3, -0.25) is 9.69 Å². The number of nitrogens with zero attached hydrogens (tertiary/aromatic N) is 1. The molecule has 0 radical (unpaired) electrons. The van der Waals surface area contributed by atoms with Crippen molar-refractivity contribution < 1.29 is 27.8 Å². The van der Waals surface area contributed by atoms with E-state index < -0.39 is 15.9 Å². The molecule has 1 amide bonds. The molecule has 2 N–H and O–H groups in total. The highest BCUT2D eigenvalue weighted by Gasteiger charge is 2.30. The zero-order valence-corrected chi connectivity index (χ0v) is 31.7. The lowest BCUT2D eigenvalue weighted by molar-refractivity contribution is -0.105. The molecule has 1 fully saturated rings. The standard InChI is InChI=1S/C44H56N2O6S/c47-35-45-42-31-39(25-26-44(42)52-34-38-19-7-4-8-20-38)43(48)33-46(32-37-17-5-3-6-18-37)27-12-1-2-13-28-51-29-14-11-16-36-21-15-24-41(30-36)53(49,50)40-22-9-10-23-40/h3-8,15,17-21,24-26,30-31,35,40,43,48H,1-2,9-14,16,22-23,27-29,32-34H2,(H,45,47)/t43-/m0/s1. The van der Waals surface area contributed by atoms with Crippen LogP contribution in [0, 0.1) is 0 Å². The first-order valence-corrected chi connectivity index (χ1v) is 20.8. The van der Waals surface area contributed by atoms with E-state index in [2.05, 4.69) is 22.3 Å². The van der Waals surface area contributed by atoms with Crippen LogP contribution in [0.4, 0.5) is 5.69 Å². The molecule has 1 aliphatic carbocycles. The van der Waals surface area contributed by atoms with Gasteiger partial charge in [0.15, 0.2) is 9.84 Å². The number of aliphatic hydroxyl groups is 1. The molecule has 0 spiro atoms. The van der Waals surface area contributed by atoms with Crippen LogP contribution in [0.2, 0.25) is 0 Å². The molecule has 8 nitrogen and oxygen atoms in total. The Bertz CT molecular complexity index is 1760. The Morgan fingerprint density at radius 2 is 1.45 bits per heavy atom. The second-order valence-electron chi connectivity index (χ2n) is 14.1. The largest absolute Gasteiger partial charge is 0.487 e. The van der Waals surface area contributed by atoms with Crippen LogP contribution in [0.1, 0.15) is 92.6 Å². The fourth-order valence-corrected chi connectivity index (χ4v) is 8.94. The van der Waals surface area contributed by atoms with Gasteiger partial charge in [0.2, 0.25) is 6.41 Å². The summed E-state index contributed by atoms with van der Waals surface area (Å²) in [6, 6.07) is 33.2. The van der Waals surface area contributed by atoms with Crippen molar-refractivity contribution in [2.24, 2.45) is 0 Å². The molecule has 53 heavy (non-hydrogen) atoms. The average Bonchev–Trinajstić information content (AvgIpc) is 3.74. The van der Waals surface area contributed by atoms with E-state index >= 15 is 0 Å². The molecule has 1 saturated carbocycles. The normalized spacial score (nSPS) is 14.0. The number of hydrogen-bond acceptors (Lipinski definition) is 7. The van der Waals surface area contributed by atoms with Gasteiger partial charge < -0.3 is 19.9 Å². The Kier molecular flexibility index (Phi) is 16.4. The number of carbonyl (C=O) groups is 1. The molecule has 1 atom stereocenters. The van der Waals surface area contributed by atoms with Gasteiger partial charge in [0, 0.05) is 26.3 Å². The fraction of sp³-hybridized carbons (Fsp3) is 0.432. The zero-order valence-electron chi connectivity index (χ0n) is 30.9. The first-order valence-electron chi connectivity index (χ1n) is 19.3. The number of hydrogen-bond donors (Lipinski definition) is 2. The highest BCUT2D eigenvalue weighted by atomic mass is 32.2. The first kappa shape index (κ1) is 40.2. The number of anilines is 1. The Labute approximate surface area is 316 Å². The topological polar surface area (TPSA) is 105 Å². The molecule has 0 saturated heterocycles. The predicted molar refractivity (Wildman–Crippen MR) is 212 cm³/mol. The molecule has 0 bridgehead atoms. The third-order valence-corrected chi connectivity index (χ3v) is 12.3. The number of amides is 1. The molecule has 5 rings (SSSR count). The van der Waals surface area contributed by atoms with Crippen molar-refractivity contribution in [3.63, 3.8) is 0 Å². The van der Waals surface area contributed by atoms with Crippen LogP contribution in [0.15, 0.2) is 108 Å². The third kappa shape index (κ3) is 13.1. The molecule has 0 unspecified atom stereocenters. The van der Waals surface area contributed by atoms with E-state index in [0.29, 0.717) is 42.5 Å². The molecular formula is C44H56N2O6S. The number of rotatable bonds is 24. The smallest absolute Gasteiger partial charge is 0.211 e. The van der Waals surface area contributed by atoms with Crippen molar-refractivity contribution in [3.05, 3.63) is 125 Å². The molecule has 4 aromatic rings. The lowest BCUT2D eigenvalue weighted by Gasteiger charge is -2.26. The van der Waals surface area contributed by atoms with E-state index in [1.807, 2.05) is 78.9 Å². The van der Waals surface area contributed by atoms with Crippen LogP contribution < -0.4 is 10.1 Å². The maximum Gasteiger partial charge on any atom is 0.211 e. The molecule has 0 heterocycles. The van der Waals surface area contributed by atoms with Gasteiger partial charge in [-0.2, -0.15) is 0 Å². The van der Waals surface area contributed by atoms with Gasteiger partial charge in [0.25, 0.3) is 0 Å². The monoisotopic (exact) mass is 740 g/mol. The van der Waals surface area contributed by atoms with E-state index in [0.717, 1.165) is 107 Å². The summed E-state index contributed by atoms with van der Waals surface area (Å²) >= 11 is 0. The SMILES string of the molecule is O=CNc1cc([C@@H](O)CN(CCCCCCOCCCCc2cccc(S(=O)(=O)C3CCCC3)c2)Cc2ccccc2)ccc1OCc1ccccc1. The lowest BCUT2D eigenvalue weighted by Crippen LogP contribution is -2.29. The molecule has 0 aliphatic heterocycles. The Balaban J connectivity index is 1.01. The molecule has 284 valence electrons. The predicted octanol–water partition coefficient (Wildman–Crippen LogP) is 8.69. The summed E-state index contributed by atoms with van der Waals surface area (Å²) in [5.74, 6) is 0.553. The van der Waals surface area contributed by atoms with Crippen molar-refractivity contribution in [3.8, 4) is 5.75 Å². The number of benzene rings is 4. The zero-order chi connectivity index (χ0) is 37.1. The second-order valence-corrected chi connectivity index (χ2v) is 16.3. The Morgan fingerprint density at radius 3 is 2.19 bits per heavy atom. The summed E-state index contributed by atoms with van der Waals surface area (Å²) in [6.07, 6.45) is 10.4. The number of ether oxygens (including phenoxy) is 2. The Morgan fingerprint density at radius 1 is 0.774 bits per heavy atom.